The number of carbonyl (C=O) groups is 3. The molecule has 0 saturated heterocycles. The summed E-state index contributed by atoms with van der Waals surface area (Å²) in [5.41, 5.74) is 0.630. The van der Waals surface area contributed by atoms with Gasteiger partial charge in [0.15, 0.2) is 5.78 Å². The van der Waals surface area contributed by atoms with Gasteiger partial charge in [0, 0.05) is 0 Å². The first-order chi connectivity index (χ1) is 10.0. The molecule has 0 N–H and O–H groups in total. The van der Waals surface area contributed by atoms with Crippen LogP contribution in [0.2, 0.25) is 0 Å². The van der Waals surface area contributed by atoms with Gasteiger partial charge in [0.2, 0.25) is 0 Å². The SMILES string of the molecule is CCOC(=O)C(=Cc1ccccc1C(=O)OCC)C(C)=O. The Morgan fingerprint density at radius 2 is 1.67 bits per heavy atom. The summed E-state index contributed by atoms with van der Waals surface area (Å²) in [5, 5.41) is 0. The standard InChI is InChI=1S/C16H18O5/c1-4-20-15(18)13-9-7-6-8-12(13)10-14(11(3)17)16(19)21-5-2/h6-10H,4-5H2,1-3H3. The smallest absolute Gasteiger partial charge is 0.341 e. The molecule has 0 aliphatic carbocycles. The average molecular weight is 290 g/mol. The lowest BCUT2D eigenvalue weighted by molar-refractivity contribution is -0.139. The van der Waals surface area contributed by atoms with E-state index in [0.29, 0.717) is 11.1 Å². The highest BCUT2D eigenvalue weighted by Crippen LogP contribution is 2.16. The topological polar surface area (TPSA) is 69.7 Å². The van der Waals surface area contributed by atoms with Gasteiger partial charge in [0.05, 0.1) is 18.8 Å². The zero-order valence-corrected chi connectivity index (χ0v) is 12.3. The van der Waals surface area contributed by atoms with Gasteiger partial charge in [-0.25, -0.2) is 9.59 Å². The van der Waals surface area contributed by atoms with E-state index in [2.05, 4.69) is 0 Å². The molecule has 5 nitrogen and oxygen atoms in total. The van der Waals surface area contributed by atoms with E-state index in [0.717, 1.165) is 0 Å². The Kier molecular flexibility index (Phi) is 6.33. The summed E-state index contributed by atoms with van der Waals surface area (Å²) in [6, 6.07) is 6.60. The Morgan fingerprint density at radius 1 is 1.05 bits per heavy atom. The van der Waals surface area contributed by atoms with Crippen LogP contribution in [0.15, 0.2) is 29.8 Å². The first-order valence-corrected chi connectivity index (χ1v) is 6.67. The molecule has 1 aromatic carbocycles. The minimum Gasteiger partial charge on any atom is -0.462 e. The maximum Gasteiger partial charge on any atom is 0.341 e. The Bertz CT molecular complexity index is 572. The van der Waals surface area contributed by atoms with E-state index >= 15 is 0 Å². The molecule has 112 valence electrons. The number of ether oxygens (including phenoxy) is 2. The molecule has 0 bridgehead atoms. The molecule has 0 saturated carbocycles. The molecule has 0 atom stereocenters. The van der Waals surface area contributed by atoms with Crippen molar-refractivity contribution in [1.29, 1.82) is 0 Å². The minimum absolute atomic E-state index is 0.103. The number of benzene rings is 1. The van der Waals surface area contributed by atoms with Crippen molar-refractivity contribution in [2.75, 3.05) is 13.2 Å². The third-order valence-electron chi connectivity index (χ3n) is 2.63. The van der Waals surface area contributed by atoms with Gasteiger partial charge in [0.25, 0.3) is 0 Å². The van der Waals surface area contributed by atoms with Crippen LogP contribution in [0.4, 0.5) is 0 Å². The number of Topliss-reactive ketones (excluding diaryl/α,β-unsaturated/α-hetero) is 1. The molecule has 0 unspecified atom stereocenters. The third-order valence-corrected chi connectivity index (χ3v) is 2.63. The van der Waals surface area contributed by atoms with Gasteiger partial charge in [-0.15, -0.1) is 0 Å². The van der Waals surface area contributed by atoms with Crippen molar-refractivity contribution in [2.45, 2.75) is 20.8 Å². The van der Waals surface area contributed by atoms with E-state index in [4.69, 9.17) is 9.47 Å². The fourth-order valence-electron chi connectivity index (χ4n) is 1.69. The number of carbonyl (C=O) groups excluding carboxylic acids is 3. The molecule has 0 amide bonds. The third kappa shape index (κ3) is 4.56. The summed E-state index contributed by atoms with van der Waals surface area (Å²) < 4.78 is 9.79. The summed E-state index contributed by atoms with van der Waals surface area (Å²) in [5.74, 6) is -1.63. The van der Waals surface area contributed by atoms with Crippen LogP contribution in [0.25, 0.3) is 6.08 Å². The van der Waals surface area contributed by atoms with Gasteiger partial charge < -0.3 is 9.47 Å². The Morgan fingerprint density at radius 3 is 2.24 bits per heavy atom. The van der Waals surface area contributed by atoms with Gasteiger partial charge >= 0.3 is 11.9 Å². The van der Waals surface area contributed by atoms with E-state index < -0.39 is 17.7 Å². The predicted octanol–water partition coefficient (Wildman–Crippen LogP) is 2.40. The molecule has 0 aliphatic rings. The molecule has 0 heterocycles. The van der Waals surface area contributed by atoms with Gasteiger partial charge in [0.1, 0.15) is 5.57 Å². The van der Waals surface area contributed by atoms with E-state index in [1.165, 1.54) is 13.0 Å². The van der Waals surface area contributed by atoms with Gasteiger partial charge in [-0.1, -0.05) is 18.2 Å². The van der Waals surface area contributed by atoms with Crippen molar-refractivity contribution < 1.29 is 23.9 Å². The average Bonchev–Trinajstić information content (AvgIpc) is 2.45. The Hall–Kier alpha value is -2.43. The molecule has 0 fully saturated rings. The molecule has 1 rings (SSSR count). The van der Waals surface area contributed by atoms with Gasteiger partial charge in [-0.2, -0.15) is 0 Å². The molecular formula is C16H18O5. The first kappa shape index (κ1) is 16.6. The maximum atomic E-state index is 11.9. The summed E-state index contributed by atoms with van der Waals surface area (Å²) in [4.78, 5) is 35.2. The van der Waals surface area contributed by atoms with Crippen LogP contribution in [0, 0.1) is 0 Å². The molecule has 5 heteroatoms. The summed E-state index contributed by atoms with van der Waals surface area (Å²) >= 11 is 0. The second-order valence-corrected chi connectivity index (χ2v) is 4.14. The van der Waals surface area contributed by atoms with Crippen LogP contribution >= 0.6 is 0 Å². The molecule has 0 aromatic heterocycles. The molecular weight excluding hydrogens is 272 g/mol. The minimum atomic E-state index is -0.705. The zero-order chi connectivity index (χ0) is 15.8. The highest BCUT2D eigenvalue weighted by molar-refractivity contribution is 6.20. The summed E-state index contributed by atoms with van der Waals surface area (Å²) in [7, 11) is 0. The van der Waals surface area contributed by atoms with Crippen LogP contribution in [0.3, 0.4) is 0 Å². The molecule has 0 radical (unpaired) electrons. The molecule has 21 heavy (non-hydrogen) atoms. The van der Waals surface area contributed by atoms with E-state index in [9.17, 15) is 14.4 Å². The summed E-state index contributed by atoms with van der Waals surface area (Å²) in [6.45, 7) is 5.05. The lowest BCUT2D eigenvalue weighted by atomic mass is 10.0. The van der Waals surface area contributed by atoms with Crippen molar-refractivity contribution in [3.05, 3.63) is 41.0 Å². The van der Waals surface area contributed by atoms with Crippen LogP contribution in [0.5, 0.6) is 0 Å². The molecule has 0 spiro atoms. The molecule has 0 aliphatic heterocycles. The summed E-state index contributed by atoms with van der Waals surface area (Å²) in [6.07, 6.45) is 1.35. The quantitative estimate of drug-likeness (QED) is 0.348. The fourth-order valence-corrected chi connectivity index (χ4v) is 1.69. The maximum absolute atomic E-state index is 11.9. The van der Waals surface area contributed by atoms with Gasteiger partial charge in [-0.05, 0) is 38.5 Å². The normalized spacial score (nSPS) is 10.9. The Balaban J connectivity index is 3.25. The number of rotatable bonds is 6. The highest BCUT2D eigenvalue weighted by atomic mass is 16.5. The van der Waals surface area contributed by atoms with Crippen molar-refractivity contribution in [2.24, 2.45) is 0 Å². The van der Waals surface area contributed by atoms with Crippen LogP contribution in [-0.4, -0.2) is 30.9 Å². The first-order valence-electron chi connectivity index (χ1n) is 6.67. The monoisotopic (exact) mass is 290 g/mol. The van der Waals surface area contributed by atoms with Crippen LogP contribution < -0.4 is 0 Å². The number of esters is 2. The molecule has 1 aromatic rings. The zero-order valence-electron chi connectivity index (χ0n) is 12.3. The predicted molar refractivity (Wildman–Crippen MR) is 77.7 cm³/mol. The van der Waals surface area contributed by atoms with E-state index in [-0.39, 0.29) is 18.8 Å². The number of hydrogen-bond donors (Lipinski definition) is 0. The van der Waals surface area contributed by atoms with Crippen molar-refractivity contribution >= 4 is 23.8 Å². The van der Waals surface area contributed by atoms with Crippen molar-refractivity contribution in [3.8, 4) is 0 Å². The van der Waals surface area contributed by atoms with Crippen molar-refractivity contribution in [1.82, 2.24) is 0 Å². The lowest BCUT2D eigenvalue weighted by Crippen LogP contribution is -2.14. The lowest BCUT2D eigenvalue weighted by Gasteiger charge is -2.07. The largest absolute Gasteiger partial charge is 0.462 e. The van der Waals surface area contributed by atoms with E-state index in [1.807, 2.05) is 0 Å². The second-order valence-electron chi connectivity index (χ2n) is 4.14. The van der Waals surface area contributed by atoms with Gasteiger partial charge in [-0.3, -0.25) is 4.79 Å². The Labute approximate surface area is 123 Å². The van der Waals surface area contributed by atoms with Crippen LogP contribution in [-0.2, 0) is 19.1 Å². The number of hydrogen-bond acceptors (Lipinski definition) is 5. The fraction of sp³-hybridized carbons (Fsp3) is 0.312. The van der Waals surface area contributed by atoms with Crippen LogP contribution in [0.1, 0.15) is 36.7 Å². The second kappa shape index (κ2) is 7.99. The highest BCUT2D eigenvalue weighted by Gasteiger charge is 2.18. The van der Waals surface area contributed by atoms with Crippen molar-refractivity contribution in [3.63, 3.8) is 0 Å². The number of ketones is 1. The van der Waals surface area contributed by atoms with E-state index in [1.54, 1.807) is 38.1 Å².